The standard InChI is InChI=1S/C13H16O3/c1-2-3-4-8-11-15-16-13(14)12-9-6-5-7-10-12/h3-7,9-10H,2,8,11H2,1H3. The van der Waals surface area contributed by atoms with E-state index in [0.29, 0.717) is 12.2 Å². The van der Waals surface area contributed by atoms with Crippen LogP contribution in [0.2, 0.25) is 0 Å². The van der Waals surface area contributed by atoms with Gasteiger partial charge in [0.15, 0.2) is 0 Å². The molecule has 0 aliphatic rings. The highest BCUT2D eigenvalue weighted by molar-refractivity contribution is 5.88. The molecule has 0 atom stereocenters. The molecule has 16 heavy (non-hydrogen) atoms. The van der Waals surface area contributed by atoms with Crippen LogP contribution in [-0.4, -0.2) is 12.6 Å². The average molecular weight is 220 g/mol. The zero-order valence-corrected chi connectivity index (χ0v) is 9.39. The van der Waals surface area contributed by atoms with Crippen LogP contribution >= 0.6 is 0 Å². The molecule has 3 nitrogen and oxygen atoms in total. The summed E-state index contributed by atoms with van der Waals surface area (Å²) in [4.78, 5) is 20.8. The van der Waals surface area contributed by atoms with E-state index in [1.807, 2.05) is 18.2 Å². The predicted molar refractivity (Wildman–Crippen MR) is 61.9 cm³/mol. The first-order valence-electron chi connectivity index (χ1n) is 5.38. The van der Waals surface area contributed by atoms with Crippen molar-refractivity contribution in [3.8, 4) is 0 Å². The molecule has 3 heteroatoms. The number of carbonyl (C=O) groups is 1. The van der Waals surface area contributed by atoms with E-state index in [9.17, 15) is 4.79 Å². The molecule has 1 aromatic rings. The van der Waals surface area contributed by atoms with Crippen LogP contribution in [0.4, 0.5) is 0 Å². The molecule has 0 bridgehead atoms. The maximum absolute atomic E-state index is 11.4. The maximum Gasteiger partial charge on any atom is 0.373 e. The van der Waals surface area contributed by atoms with Crippen LogP contribution in [0.3, 0.4) is 0 Å². The number of benzene rings is 1. The molecule has 0 aliphatic heterocycles. The Morgan fingerprint density at radius 2 is 2.00 bits per heavy atom. The van der Waals surface area contributed by atoms with Crippen LogP contribution in [-0.2, 0) is 9.78 Å². The molecule has 0 N–H and O–H groups in total. The minimum absolute atomic E-state index is 0.384. The zero-order valence-electron chi connectivity index (χ0n) is 9.39. The third-order valence-electron chi connectivity index (χ3n) is 1.91. The summed E-state index contributed by atoms with van der Waals surface area (Å²) >= 11 is 0. The maximum atomic E-state index is 11.4. The SMILES string of the molecule is CCC=CCCOOC(=O)c1ccccc1. The van der Waals surface area contributed by atoms with Crippen molar-refractivity contribution < 1.29 is 14.6 Å². The molecule has 0 fully saturated rings. The van der Waals surface area contributed by atoms with Crippen LogP contribution in [0.5, 0.6) is 0 Å². The second-order valence-electron chi connectivity index (χ2n) is 3.23. The van der Waals surface area contributed by atoms with Crippen LogP contribution in [0.15, 0.2) is 42.5 Å². The number of hydrogen-bond acceptors (Lipinski definition) is 3. The van der Waals surface area contributed by atoms with Gasteiger partial charge in [-0.15, -0.1) is 0 Å². The fourth-order valence-electron chi connectivity index (χ4n) is 1.12. The first-order valence-corrected chi connectivity index (χ1v) is 5.38. The molecule has 1 rings (SSSR count). The number of carbonyl (C=O) groups excluding carboxylic acids is 1. The molecular weight excluding hydrogens is 204 g/mol. The van der Waals surface area contributed by atoms with E-state index < -0.39 is 5.97 Å². The lowest BCUT2D eigenvalue weighted by Gasteiger charge is -2.01. The summed E-state index contributed by atoms with van der Waals surface area (Å²) in [5.41, 5.74) is 0.492. The highest BCUT2D eigenvalue weighted by Crippen LogP contribution is 2.01. The highest BCUT2D eigenvalue weighted by atomic mass is 17.2. The molecule has 0 aliphatic carbocycles. The van der Waals surface area contributed by atoms with Gasteiger partial charge >= 0.3 is 5.97 Å². The monoisotopic (exact) mass is 220 g/mol. The summed E-state index contributed by atoms with van der Waals surface area (Å²) < 4.78 is 0. The Balaban J connectivity index is 2.19. The quantitative estimate of drug-likeness (QED) is 0.320. The molecule has 0 aromatic heterocycles. The van der Waals surface area contributed by atoms with Crippen LogP contribution in [0, 0.1) is 0 Å². The molecule has 0 radical (unpaired) electrons. The van der Waals surface area contributed by atoms with Crippen LogP contribution in [0.1, 0.15) is 30.1 Å². The van der Waals surface area contributed by atoms with Gasteiger partial charge in [-0.2, -0.15) is 4.89 Å². The third kappa shape index (κ3) is 4.75. The summed E-state index contributed by atoms with van der Waals surface area (Å²) in [6, 6.07) is 8.76. The van der Waals surface area contributed by atoms with Crippen molar-refractivity contribution in [1.29, 1.82) is 0 Å². The number of hydrogen-bond donors (Lipinski definition) is 0. The van der Waals surface area contributed by atoms with Gasteiger partial charge in [-0.1, -0.05) is 37.3 Å². The minimum atomic E-state index is -0.458. The molecule has 0 heterocycles. The smallest absolute Gasteiger partial charge is 0.293 e. The Kier molecular flexibility index (Phi) is 5.96. The Morgan fingerprint density at radius 3 is 2.69 bits per heavy atom. The van der Waals surface area contributed by atoms with Gasteiger partial charge in [0.1, 0.15) is 0 Å². The molecule has 0 saturated heterocycles. The second kappa shape index (κ2) is 7.65. The highest BCUT2D eigenvalue weighted by Gasteiger charge is 2.05. The van der Waals surface area contributed by atoms with Gasteiger partial charge in [-0.05, 0) is 25.0 Å². The van der Waals surface area contributed by atoms with Crippen molar-refractivity contribution in [2.24, 2.45) is 0 Å². The largest absolute Gasteiger partial charge is 0.373 e. The molecule has 86 valence electrons. The van der Waals surface area contributed by atoms with Gasteiger partial charge in [0.2, 0.25) is 0 Å². The Morgan fingerprint density at radius 1 is 1.25 bits per heavy atom. The molecule has 0 saturated carbocycles. The number of allylic oxidation sites excluding steroid dienone is 1. The van der Waals surface area contributed by atoms with Crippen molar-refractivity contribution in [1.82, 2.24) is 0 Å². The van der Waals surface area contributed by atoms with Gasteiger partial charge in [-0.3, -0.25) is 4.89 Å². The molecule has 0 amide bonds. The van der Waals surface area contributed by atoms with Gasteiger partial charge in [0.05, 0.1) is 12.2 Å². The fraction of sp³-hybridized carbons (Fsp3) is 0.308. The summed E-state index contributed by atoms with van der Waals surface area (Å²) in [5.74, 6) is -0.458. The van der Waals surface area contributed by atoms with E-state index in [2.05, 4.69) is 11.8 Å². The van der Waals surface area contributed by atoms with Crippen molar-refractivity contribution >= 4 is 5.97 Å². The first kappa shape index (κ1) is 12.5. The topological polar surface area (TPSA) is 35.5 Å². The van der Waals surface area contributed by atoms with E-state index in [4.69, 9.17) is 4.89 Å². The van der Waals surface area contributed by atoms with E-state index in [0.717, 1.165) is 12.8 Å². The van der Waals surface area contributed by atoms with Gasteiger partial charge in [0.25, 0.3) is 0 Å². The lowest BCUT2D eigenvalue weighted by molar-refractivity contribution is -0.239. The minimum Gasteiger partial charge on any atom is -0.293 e. The Labute approximate surface area is 95.6 Å². The van der Waals surface area contributed by atoms with Gasteiger partial charge in [-0.25, -0.2) is 4.79 Å². The van der Waals surface area contributed by atoms with E-state index in [-0.39, 0.29) is 0 Å². The lowest BCUT2D eigenvalue weighted by Crippen LogP contribution is -2.06. The third-order valence-corrected chi connectivity index (χ3v) is 1.91. The van der Waals surface area contributed by atoms with Crippen molar-refractivity contribution in [3.05, 3.63) is 48.0 Å². The normalized spacial score (nSPS) is 10.6. The lowest BCUT2D eigenvalue weighted by atomic mass is 10.2. The van der Waals surface area contributed by atoms with E-state index in [1.165, 1.54) is 0 Å². The van der Waals surface area contributed by atoms with Crippen molar-refractivity contribution in [3.63, 3.8) is 0 Å². The zero-order chi connectivity index (χ0) is 11.6. The number of rotatable bonds is 6. The molecule has 0 unspecified atom stereocenters. The average Bonchev–Trinajstić information content (AvgIpc) is 2.34. The molecule has 0 spiro atoms. The van der Waals surface area contributed by atoms with Crippen LogP contribution in [0.25, 0.3) is 0 Å². The fourth-order valence-corrected chi connectivity index (χ4v) is 1.12. The van der Waals surface area contributed by atoms with E-state index >= 15 is 0 Å². The summed E-state index contributed by atoms with van der Waals surface area (Å²) in [6.45, 7) is 2.45. The Bertz CT molecular complexity index is 330. The van der Waals surface area contributed by atoms with Gasteiger partial charge in [0, 0.05) is 0 Å². The summed E-state index contributed by atoms with van der Waals surface area (Å²) in [7, 11) is 0. The molecular formula is C13H16O3. The van der Waals surface area contributed by atoms with Crippen LogP contribution < -0.4 is 0 Å². The summed E-state index contributed by atoms with van der Waals surface area (Å²) in [6.07, 6.45) is 5.79. The van der Waals surface area contributed by atoms with Crippen molar-refractivity contribution in [2.75, 3.05) is 6.61 Å². The predicted octanol–water partition coefficient (Wildman–Crippen LogP) is 3.13. The first-order chi connectivity index (χ1) is 7.84. The van der Waals surface area contributed by atoms with Crippen molar-refractivity contribution in [2.45, 2.75) is 19.8 Å². The molecule has 1 aromatic carbocycles. The second-order valence-corrected chi connectivity index (χ2v) is 3.23. The Hall–Kier alpha value is -1.61. The van der Waals surface area contributed by atoms with Gasteiger partial charge < -0.3 is 0 Å². The summed E-state index contributed by atoms with van der Waals surface area (Å²) in [5, 5.41) is 0. The van der Waals surface area contributed by atoms with E-state index in [1.54, 1.807) is 24.3 Å².